The van der Waals surface area contributed by atoms with Crippen LogP contribution in [-0.2, 0) is 25.5 Å². The fourth-order valence-electron chi connectivity index (χ4n) is 10.3. The summed E-state index contributed by atoms with van der Waals surface area (Å²) in [6, 6.07) is -0.345. The Kier molecular flexibility index (Phi) is 14.3. The molecule has 2 aromatic rings. The molecule has 0 aromatic carbocycles. The van der Waals surface area contributed by atoms with Gasteiger partial charge in [0.1, 0.15) is 12.5 Å². The number of aromatic nitrogens is 2. The van der Waals surface area contributed by atoms with E-state index in [1.807, 2.05) is 6.92 Å². The molecule has 3 aliphatic heterocycles. The molecule has 0 saturated carbocycles. The number of hydrogen-bond acceptors (Lipinski definition) is 7. The summed E-state index contributed by atoms with van der Waals surface area (Å²) in [5.74, 6) is 0.106. The first-order valence-corrected chi connectivity index (χ1v) is 22.6. The van der Waals surface area contributed by atoms with Crippen LogP contribution in [0.1, 0.15) is 153 Å². The van der Waals surface area contributed by atoms with E-state index in [0.29, 0.717) is 6.42 Å². The number of allylic oxidation sites excluding steroid dienone is 4. The van der Waals surface area contributed by atoms with Crippen LogP contribution in [0.15, 0.2) is 40.4 Å². The second kappa shape index (κ2) is 19.0. The minimum Gasteiger partial charge on any atom is -0.468 e. The molecule has 9 nitrogen and oxygen atoms in total. The van der Waals surface area contributed by atoms with Crippen LogP contribution in [-0.4, -0.2) is 46.8 Å². The number of fused-ring (bicyclic) bond motifs is 8. The number of nitrogens with one attached hydrogen (secondary N) is 4. The Morgan fingerprint density at radius 2 is 1.68 bits per heavy atom. The average Bonchev–Trinajstić information content (AvgIpc) is 3.94. The van der Waals surface area contributed by atoms with Crippen molar-refractivity contribution in [2.45, 2.75) is 146 Å². The lowest BCUT2D eigenvalue weighted by Crippen LogP contribution is -2.37. The number of aliphatic hydroxyl groups excluding tert-OH is 1. The van der Waals surface area contributed by atoms with Gasteiger partial charge in [0, 0.05) is 63.0 Å². The van der Waals surface area contributed by atoms with Crippen molar-refractivity contribution in [2.24, 2.45) is 35.5 Å². The molecule has 322 valence electrons. The molecule has 0 amide bonds. The molecule has 8 bridgehead atoms. The van der Waals surface area contributed by atoms with Crippen LogP contribution in [0.2, 0.25) is 0 Å². The number of H-pyrrole nitrogens is 2. The molecular formula is C50H72N4O5. The second-order valence-electron chi connectivity index (χ2n) is 18.5. The molecule has 9 heteroatoms. The molecule has 5 heterocycles. The summed E-state index contributed by atoms with van der Waals surface area (Å²) in [5, 5.41) is 21.3. The molecule has 1 unspecified atom stereocenters. The van der Waals surface area contributed by atoms with E-state index >= 15 is 0 Å². The lowest BCUT2D eigenvalue weighted by atomic mass is 9.80. The van der Waals surface area contributed by atoms with Gasteiger partial charge in [-0.05, 0) is 130 Å². The largest absolute Gasteiger partial charge is 0.468 e. The van der Waals surface area contributed by atoms with Gasteiger partial charge in [0.2, 0.25) is 0 Å². The smallest absolute Gasteiger partial charge is 0.315 e. The maximum atomic E-state index is 13.7. The molecule has 6 rings (SSSR count). The fraction of sp³-hybridized carbons (Fsp3) is 0.600. The first-order chi connectivity index (χ1) is 28.2. The molecule has 1 fully saturated rings. The highest BCUT2D eigenvalue weighted by atomic mass is 16.5. The zero-order chi connectivity index (χ0) is 42.7. The van der Waals surface area contributed by atoms with Gasteiger partial charge in [0.15, 0.2) is 0 Å². The lowest BCUT2D eigenvalue weighted by Gasteiger charge is -2.27. The van der Waals surface area contributed by atoms with Crippen LogP contribution >= 0.6 is 0 Å². The highest BCUT2D eigenvalue weighted by Gasteiger charge is 2.49. The number of esters is 2. The summed E-state index contributed by atoms with van der Waals surface area (Å²) in [4.78, 5) is 34.5. The second-order valence-corrected chi connectivity index (χ2v) is 18.5. The molecule has 1 saturated heterocycles. The molecule has 1 aliphatic carbocycles. The molecule has 0 spiro atoms. The summed E-state index contributed by atoms with van der Waals surface area (Å²) in [6.45, 7) is 22.4. The molecule has 2 aromatic heterocycles. The summed E-state index contributed by atoms with van der Waals surface area (Å²) in [7, 11) is 1.38. The van der Waals surface area contributed by atoms with Crippen LogP contribution in [0.25, 0.3) is 17.7 Å². The normalized spacial score (nSPS) is 26.5. The maximum Gasteiger partial charge on any atom is 0.315 e. The Morgan fingerprint density at radius 3 is 2.37 bits per heavy atom. The lowest BCUT2D eigenvalue weighted by molar-refractivity contribution is -0.147. The molecule has 59 heavy (non-hydrogen) atoms. The van der Waals surface area contributed by atoms with Gasteiger partial charge in [-0.15, -0.1) is 0 Å². The predicted molar refractivity (Wildman–Crippen MR) is 238 cm³/mol. The minimum absolute atomic E-state index is 0.0163. The third kappa shape index (κ3) is 9.25. The number of aromatic amines is 2. The van der Waals surface area contributed by atoms with Crippen molar-refractivity contribution < 1.29 is 24.2 Å². The van der Waals surface area contributed by atoms with Crippen molar-refractivity contribution >= 4 is 29.7 Å². The Hall–Kier alpha value is -4.24. The van der Waals surface area contributed by atoms with Gasteiger partial charge in [-0.3, -0.25) is 9.59 Å². The number of carbonyl (C=O) groups is 2. The van der Waals surface area contributed by atoms with E-state index in [1.165, 1.54) is 60.8 Å². The quantitative estimate of drug-likeness (QED) is 0.0849. The van der Waals surface area contributed by atoms with Crippen LogP contribution in [0.3, 0.4) is 0 Å². The topological polar surface area (TPSA) is 128 Å². The van der Waals surface area contributed by atoms with Crippen molar-refractivity contribution in [2.75, 3.05) is 13.7 Å². The third-order valence-corrected chi connectivity index (χ3v) is 14.1. The fourth-order valence-corrected chi connectivity index (χ4v) is 10.3. The zero-order valence-electron chi connectivity index (χ0n) is 37.8. The molecule has 0 radical (unpaired) electrons. The molecule has 4 aliphatic rings. The highest BCUT2D eigenvalue weighted by Crippen LogP contribution is 2.45. The van der Waals surface area contributed by atoms with E-state index < -0.39 is 18.0 Å². The van der Waals surface area contributed by atoms with Gasteiger partial charge < -0.3 is 35.2 Å². The van der Waals surface area contributed by atoms with Crippen LogP contribution in [0, 0.1) is 49.4 Å². The van der Waals surface area contributed by atoms with Crippen molar-refractivity contribution in [1.29, 1.82) is 0 Å². The van der Waals surface area contributed by atoms with E-state index in [9.17, 15) is 14.7 Å². The van der Waals surface area contributed by atoms with E-state index in [0.717, 1.165) is 87.7 Å². The van der Waals surface area contributed by atoms with Gasteiger partial charge >= 0.3 is 11.9 Å². The highest BCUT2D eigenvalue weighted by molar-refractivity contribution is 5.88. The Bertz CT molecular complexity index is 2140. The Labute approximate surface area is 353 Å². The summed E-state index contributed by atoms with van der Waals surface area (Å²) >= 11 is 0. The predicted octanol–water partition coefficient (Wildman–Crippen LogP) is 8.61. The van der Waals surface area contributed by atoms with Crippen LogP contribution in [0.4, 0.5) is 0 Å². The zero-order valence-corrected chi connectivity index (χ0v) is 37.8. The van der Waals surface area contributed by atoms with Gasteiger partial charge in [-0.1, -0.05) is 72.8 Å². The van der Waals surface area contributed by atoms with E-state index in [1.54, 1.807) is 0 Å². The monoisotopic (exact) mass is 809 g/mol. The maximum absolute atomic E-state index is 13.7. The van der Waals surface area contributed by atoms with Crippen molar-refractivity contribution in [1.82, 2.24) is 20.6 Å². The number of carbonyl (C=O) groups excluding carboxylic acids is 2. The first-order valence-electron chi connectivity index (χ1n) is 22.6. The SMILES string of the molecule is CCc1c2[nH]c(c1C)/C=C1\NC(=C(C)[C@@H]1CC)/C=C1\NC(C3=c4[nH]/c(c(C)c4[C@H](O)[C@@H]3C(=O)OC)=C\2)[C@@H](CCC(=O)OC/C=C(\C)CCC[C@@H](C)CCCC(C)C)[C@@H]1C. The summed E-state index contributed by atoms with van der Waals surface area (Å²) < 4.78 is 11.2. The summed E-state index contributed by atoms with van der Waals surface area (Å²) in [6.07, 6.45) is 17.5. The molecule has 5 N–H and O–H groups in total. The Balaban J connectivity index is 1.31. The molecular weight excluding hydrogens is 737 g/mol. The van der Waals surface area contributed by atoms with E-state index in [2.05, 4.69) is 107 Å². The number of aliphatic hydroxyl groups is 1. The average molecular weight is 809 g/mol. The first kappa shape index (κ1) is 44.3. The number of rotatable bonds is 16. The standard InChI is InChI=1S/C50H72N4O5/c1-12-34-30(7)37-24-39-32(9)36(20-21-43(55)59-23-22-29(6)19-15-18-28(5)17-14-16-27(3)4)47(53-39)45-46(50(57)58-11)49(56)44-33(10)40(54-48(44)45)26-42-35(13-2)31(8)38(52-42)25-41(34)51-37/h22,24-28,32,34,36,46-47,49,51-54,56H,12-21,23H2,1-11H3/b29-22+,39-24-,40-26-,41-25-/t28-,32-,34-,36-,46+,47?,49-/m0/s1. The summed E-state index contributed by atoms with van der Waals surface area (Å²) in [5.41, 5.74) is 12.8. The van der Waals surface area contributed by atoms with Crippen molar-refractivity contribution in [3.05, 3.63) is 84.7 Å². The van der Waals surface area contributed by atoms with Gasteiger partial charge in [0.25, 0.3) is 0 Å². The van der Waals surface area contributed by atoms with E-state index in [-0.39, 0.29) is 42.8 Å². The third-order valence-electron chi connectivity index (χ3n) is 14.1. The van der Waals surface area contributed by atoms with Crippen LogP contribution in [0.5, 0.6) is 0 Å². The van der Waals surface area contributed by atoms with E-state index in [4.69, 9.17) is 9.47 Å². The number of ether oxygens (including phenoxy) is 2. The van der Waals surface area contributed by atoms with Gasteiger partial charge in [-0.2, -0.15) is 0 Å². The Morgan fingerprint density at radius 1 is 0.932 bits per heavy atom. The van der Waals surface area contributed by atoms with Crippen molar-refractivity contribution in [3.63, 3.8) is 0 Å². The number of methoxy groups -OCH3 is 1. The molecule has 7 atom stereocenters. The number of hydrogen-bond donors (Lipinski definition) is 5. The minimum atomic E-state index is -1.08. The van der Waals surface area contributed by atoms with Gasteiger partial charge in [0.05, 0.1) is 19.3 Å². The van der Waals surface area contributed by atoms with Crippen LogP contribution < -0.4 is 21.3 Å². The van der Waals surface area contributed by atoms with Gasteiger partial charge in [-0.25, -0.2) is 0 Å². The van der Waals surface area contributed by atoms with Crippen molar-refractivity contribution in [3.8, 4) is 0 Å².